The van der Waals surface area contributed by atoms with Crippen molar-refractivity contribution in [3.8, 4) is 0 Å². The number of nitrogens with one attached hydrogen (secondary N) is 2. The summed E-state index contributed by atoms with van der Waals surface area (Å²) in [5, 5.41) is 24.1. The highest BCUT2D eigenvalue weighted by molar-refractivity contribution is 5.91. The first kappa shape index (κ1) is 18.1. The van der Waals surface area contributed by atoms with E-state index in [1.807, 2.05) is 19.1 Å². The van der Waals surface area contributed by atoms with Gasteiger partial charge >= 0.3 is 0 Å². The highest BCUT2D eigenvalue weighted by Gasteiger charge is 2.32. The molecule has 122 valence electrons. The van der Waals surface area contributed by atoms with Crippen LogP contribution in [0.5, 0.6) is 0 Å². The molecule has 0 aliphatic rings. The zero-order valence-electron chi connectivity index (χ0n) is 13.2. The zero-order valence-corrected chi connectivity index (χ0v) is 13.2. The third-order valence-electron chi connectivity index (χ3n) is 3.38. The van der Waals surface area contributed by atoms with Gasteiger partial charge in [0.05, 0.1) is 6.61 Å². The van der Waals surface area contributed by atoms with Crippen LogP contribution in [-0.2, 0) is 9.59 Å². The van der Waals surface area contributed by atoms with E-state index >= 15 is 0 Å². The average Bonchev–Trinajstić information content (AvgIpc) is 2.48. The highest BCUT2D eigenvalue weighted by Crippen LogP contribution is 2.19. The molecule has 2 amide bonds. The normalized spacial score (nSPS) is 12.6. The van der Waals surface area contributed by atoms with Crippen LogP contribution in [0.1, 0.15) is 25.8 Å². The van der Waals surface area contributed by atoms with Gasteiger partial charge in [-0.25, -0.2) is 0 Å². The fourth-order valence-electron chi connectivity index (χ4n) is 1.70. The van der Waals surface area contributed by atoms with Gasteiger partial charge in [0, 0.05) is 24.1 Å². The molecule has 0 spiro atoms. The summed E-state index contributed by atoms with van der Waals surface area (Å²) in [6.07, 6.45) is -1.22. The van der Waals surface area contributed by atoms with Crippen molar-refractivity contribution < 1.29 is 19.8 Å². The van der Waals surface area contributed by atoms with Gasteiger partial charge in [-0.05, 0) is 19.1 Å². The average molecular weight is 308 g/mol. The molecule has 0 saturated carbocycles. The van der Waals surface area contributed by atoms with Crippen molar-refractivity contribution in [3.05, 3.63) is 29.8 Å². The second-order valence-corrected chi connectivity index (χ2v) is 6.00. The maximum absolute atomic E-state index is 11.7. The molecule has 1 unspecified atom stereocenters. The SMILES string of the molecule is Cc1ccc(NC(=O)CCNC(=O)C(O)C(C)(C)CO)cc1. The van der Waals surface area contributed by atoms with Gasteiger partial charge in [-0.15, -0.1) is 0 Å². The van der Waals surface area contributed by atoms with Crippen molar-refractivity contribution in [2.45, 2.75) is 33.3 Å². The molecule has 6 nitrogen and oxygen atoms in total. The summed E-state index contributed by atoms with van der Waals surface area (Å²) in [6.45, 7) is 4.94. The third-order valence-corrected chi connectivity index (χ3v) is 3.38. The Morgan fingerprint density at radius 1 is 1.23 bits per heavy atom. The van der Waals surface area contributed by atoms with Gasteiger partial charge in [-0.2, -0.15) is 0 Å². The third kappa shape index (κ3) is 5.46. The minimum Gasteiger partial charge on any atom is -0.396 e. The minimum absolute atomic E-state index is 0.103. The van der Waals surface area contributed by atoms with E-state index in [9.17, 15) is 14.7 Å². The Balaban J connectivity index is 2.36. The number of amides is 2. The van der Waals surface area contributed by atoms with E-state index in [4.69, 9.17) is 5.11 Å². The Labute approximate surface area is 130 Å². The molecule has 0 heterocycles. The summed E-state index contributed by atoms with van der Waals surface area (Å²) in [4.78, 5) is 23.5. The quantitative estimate of drug-likeness (QED) is 0.599. The Morgan fingerprint density at radius 2 is 1.82 bits per heavy atom. The van der Waals surface area contributed by atoms with E-state index in [1.54, 1.807) is 26.0 Å². The maximum atomic E-state index is 11.7. The Morgan fingerprint density at radius 3 is 2.36 bits per heavy atom. The van der Waals surface area contributed by atoms with Crippen molar-refractivity contribution in [2.24, 2.45) is 5.41 Å². The smallest absolute Gasteiger partial charge is 0.249 e. The number of aliphatic hydroxyl groups is 2. The van der Waals surface area contributed by atoms with Crippen molar-refractivity contribution in [2.75, 3.05) is 18.5 Å². The summed E-state index contributed by atoms with van der Waals surface area (Å²) in [5.74, 6) is -0.817. The fourth-order valence-corrected chi connectivity index (χ4v) is 1.70. The van der Waals surface area contributed by atoms with Crippen LogP contribution in [0.25, 0.3) is 0 Å². The van der Waals surface area contributed by atoms with E-state index in [2.05, 4.69) is 10.6 Å². The summed E-state index contributed by atoms with van der Waals surface area (Å²) in [7, 11) is 0. The molecule has 1 aromatic carbocycles. The molecule has 1 atom stereocenters. The van der Waals surface area contributed by atoms with Crippen molar-refractivity contribution in [3.63, 3.8) is 0 Å². The van der Waals surface area contributed by atoms with Crippen LogP contribution >= 0.6 is 0 Å². The first-order chi connectivity index (χ1) is 10.3. The zero-order chi connectivity index (χ0) is 16.8. The van der Waals surface area contributed by atoms with E-state index < -0.39 is 17.4 Å². The van der Waals surface area contributed by atoms with Crippen molar-refractivity contribution in [1.29, 1.82) is 0 Å². The number of rotatable bonds is 7. The second kappa shape index (κ2) is 7.91. The standard InChI is InChI=1S/C16H24N2O4/c1-11-4-6-12(7-5-11)18-13(20)8-9-17-15(22)14(21)16(2,3)10-19/h4-7,14,19,21H,8-10H2,1-3H3,(H,17,22)(H,18,20). The first-order valence-corrected chi connectivity index (χ1v) is 7.19. The van der Waals surface area contributed by atoms with Crippen molar-refractivity contribution in [1.82, 2.24) is 5.32 Å². The van der Waals surface area contributed by atoms with Crippen LogP contribution in [0.4, 0.5) is 5.69 Å². The number of hydrogen-bond donors (Lipinski definition) is 4. The number of anilines is 1. The van der Waals surface area contributed by atoms with Gasteiger partial charge in [0.2, 0.25) is 11.8 Å². The van der Waals surface area contributed by atoms with Gasteiger partial charge in [-0.1, -0.05) is 31.5 Å². The molecule has 0 fully saturated rings. The molecule has 0 aliphatic heterocycles. The molecule has 6 heteroatoms. The number of aliphatic hydroxyl groups excluding tert-OH is 2. The summed E-state index contributed by atoms with van der Waals surface area (Å²) in [5.41, 5.74) is 0.878. The second-order valence-electron chi connectivity index (χ2n) is 6.00. The van der Waals surface area contributed by atoms with Crippen LogP contribution < -0.4 is 10.6 Å². The van der Waals surface area contributed by atoms with Gasteiger partial charge in [-0.3, -0.25) is 9.59 Å². The molecule has 0 bridgehead atoms. The molecule has 0 saturated heterocycles. The minimum atomic E-state index is -1.32. The number of carbonyl (C=O) groups is 2. The number of aryl methyl sites for hydroxylation is 1. The van der Waals surface area contributed by atoms with E-state index in [1.165, 1.54) is 0 Å². The van der Waals surface area contributed by atoms with Gasteiger partial charge in [0.1, 0.15) is 6.10 Å². The summed E-state index contributed by atoms with van der Waals surface area (Å²) < 4.78 is 0. The fraction of sp³-hybridized carbons (Fsp3) is 0.500. The van der Waals surface area contributed by atoms with E-state index in [0.717, 1.165) is 5.56 Å². The summed E-state index contributed by atoms with van der Waals surface area (Å²) in [6, 6.07) is 7.40. The molecule has 1 aromatic rings. The van der Waals surface area contributed by atoms with E-state index in [-0.39, 0.29) is 25.5 Å². The van der Waals surface area contributed by atoms with Crippen molar-refractivity contribution >= 4 is 17.5 Å². The van der Waals surface area contributed by atoms with Crippen LogP contribution in [0.15, 0.2) is 24.3 Å². The highest BCUT2D eigenvalue weighted by atomic mass is 16.3. The lowest BCUT2D eigenvalue weighted by atomic mass is 9.87. The van der Waals surface area contributed by atoms with Gasteiger partial charge < -0.3 is 20.8 Å². The van der Waals surface area contributed by atoms with Crippen LogP contribution in [-0.4, -0.2) is 41.3 Å². The number of hydrogen-bond acceptors (Lipinski definition) is 4. The number of benzene rings is 1. The summed E-state index contributed by atoms with van der Waals surface area (Å²) >= 11 is 0. The van der Waals surface area contributed by atoms with Gasteiger partial charge in [0.15, 0.2) is 0 Å². The Bertz CT molecular complexity index is 511. The lowest BCUT2D eigenvalue weighted by Gasteiger charge is -2.27. The van der Waals surface area contributed by atoms with Crippen LogP contribution in [0.2, 0.25) is 0 Å². The molecule has 0 radical (unpaired) electrons. The maximum Gasteiger partial charge on any atom is 0.249 e. The first-order valence-electron chi connectivity index (χ1n) is 7.19. The monoisotopic (exact) mass is 308 g/mol. The molecule has 1 rings (SSSR count). The molecule has 4 N–H and O–H groups in total. The molecular formula is C16H24N2O4. The van der Waals surface area contributed by atoms with E-state index in [0.29, 0.717) is 5.69 Å². The number of carbonyl (C=O) groups excluding carboxylic acids is 2. The molecule has 0 aliphatic carbocycles. The Hall–Kier alpha value is -1.92. The predicted molar refractivity (Wildman–Crippen MR) is 84.3 cm³/mol. The van der Waals surface area contributed by atoms with Gasteiger partial charge in [0.25, 0.3) is 0 Å². The largest absolute Gasteiger partial charge is 0.396 e. The molecule has 22 heavy (non-hydrogen) atoms. The Kier molecular flexibility index (Phi) is 6.52. The van der Waals surface area contributed by atoms with Crippen LogP contribution in [0.3, 0.4) is 0 Å². The molecule has 0 aromatic heterocycles. The lowest BCUT2D eigenvalue weighted by molar-refractivity contribution is -0.137. The predicted octanol–water partition coefficient (Wildman–Crippen LogP) is 0.819. The lowest BCUT2D eigenvalue weighted by Crippen LogP contribution is -2.46. The molecular weight excluding hydrogens is 284 g/mol. The van der Waals surface area contributed by atoms with Crippen LogP contribution in [0, 0.1) is 12.3 Å². The topological polar surface area (TPSA) is 98.7 Å².